The molecular formula is C23H23N3O4. The smallest absolute Gasteiger partial charge is 0.314 e. The summed E-state index contributed by atoms with van der Waals surface area (Å²) < 4.78 is 10.5. The van der Waals surface area contributed by atoms with Gasteiger partial charge < -0.3 is 9.47 Å². The minimum absolute atomic E-state index is 0.184. The number of rotatable bonds is 6. The van der Waals surface area contributed by atoms with Crippen LogP contribution in [0.4, 0.5) is 0 Å². The Hall–Kier alpha value is -3.45. The Morgan fingerprint density at radius 1 is 1.13 bits per heavy atom. The first-order valence-corrected chi connectivity index (χ1v) is 9.85. The average Bonchev–Trinajstić information content (AvgIpc) is 3.23. The van der Waals surface area contributed by atoms with Crippen LogP contribution in [0.15, 0.2) is 65.7 Å². The third kappa shape index (κ3) is 3.71. The number of hydrogen-bond acceptors (Lipinski definition) is 7. The van der Waals surface area contributed by atoms with E-state index in [1.165, 1.54) is 0 Å². The van der Waals surface area contributed by atoms with Crippen LogP contribution in [0.25, 0.3) is 5.70 Å². The Kier molecular flexibility index (Phi) is 5.63. The van der Waals surface area contributed by atoms with E-state index in [2.05, 4.69) is 10.4 Å². The molecule has 2 aliphatic rings. The van der Waals surface area contributed by atoms with Crippen LogP contribution in [0.3, 0.4) is 0 Å². The number of aliphatic imine (C=N–C) groups is 1. The van der Waals surface area contributed by atoms with Gasteiger partial charge >= 0.3 is 5.97 Å². The number of esters is 1. The molecule has 0 spiro atoms. The van der Waals surface area contributed by atoms with Crippen molar-refractivity contribution in [1.29, 1.82) is 0 Å². The molecule has 1 saturated heterocycles. The van der Waals surface area contributed by atoms with Crippen LogP contribution < -0.4 is 10.2 Å². The lowest BCUT2D eigenvalue weighted by Crippen LogP contribution is -2.41. The fraction of sp³-hybridized carbons (Fsp3) is 0.261. The fourth-order valence-corrected chi connectivity index (χ4v) is 3.63. The molecular weight excluding hydrogens is 382 g/mol. The number of hydrogen-bond donors (Lipinski definition) is 1. The van der Waals surface area contributed by atoms with E-state index >= 15 is 0 Å². The number of carbonyl (C=O) groups excluding carboxylic acids is 2. The lowest BCUT2D eigenvalue weighted by atomic mass is 9.99. The lowest BCUT2D eigenvalue weighted by Gasteiger charge is -2.31. The van der Waals surface area contributed by atoms with E-state index in [4.69, 9.17) is 9.47 Å². The Bertz CT molecular complexity index is 999. The molecule has 0 aromatic heterocycles. The van der Waals surface area contributed by atoms with Crippen molar-refractivity contribution in [2.75, 3.05) is 20.3 Å². The molecule has 0 aliphatic carbocycles. The van der Waals surface area contributed by atoms with Gasteiger partial charge in [0.25, 0.3) is 0 Å². The second kappa shape index (κ2) is 8.51. The lowest BCUT2D eigenvalue weighted by molar-refractivity contribution is -0.148. The molecule has 0 saturated carbocycles. The van der Waals surface area contributed by atoms with Gasteiger partial charge in [-0.2, -0.15) is 0 Å². The number of ketones is 1. The zero-order chi connectivity index (χ0) is 21.1. The summed E-state index contributed by atoms with van der Waals surface area (Å²) in [6, 6.07) is 16.5. The van der Waals surface area contributed by atoms with Gasteiger partial charge in [0.1, 0.15) is 17.4 Å². The average molecular weight is 405 g/mol. The summed E-state index contributed by atoms with van der Waals surface area (Å²) in [6.45, 7) is 2.45. The molecule has 2 aliphatic heterocycles. The predicted molar refractivity (Wildman–Crippen MR) is 113 cm³/mol. The molecule has 30 heavy (non-hydrogen) atoms. The monoisotopic (exact) mass is 405 g/mol. The molecule has 154 valence electrons. The van der Waals surface area contributed by atoms with E-state index in [0.29, 0.717) is 24.4 Å². The molecule has 0 amide bonds. The van der Waals surface area contributed by atoms with Gasteiger partial charge in [0, 0.05) is 12.1 Å². The van der Waals surface area contributed by atoms with Crippen molar-refractivity contribution in [3.63, 3.8) is 0 Å². The van der Waals surface area contributed by atoms with Crippen LogP contribution in [-0.4, -0.2) is 48.9 Å². The van der Waals surface area contributed by atoms with Gasteiger partial charge in [0.15, 0.2) is 6.17 Å². The summed E-state index contributed by atoms with van der Waals surface area (Å²) in [5, 5.41) is 1.84. The Morgan fingerprint density at radius 2 is 1.87 bits per heavy atom. The topological polar surface area (TPSA) is 80.2 Å². The van der Waals surface area contributed by atoms with Crippen LogP contribution in [-0.2, 0) is 9.53 Å². The zero-order valence-corrected chi connectivity index (χ0v) is 16.9. The second-order valence-corrected chi connectivity index (χ2v) is 6.97. The maximum atomic E-state index is 13.1. The van der Waals surface area contributed by atoms with Crippen molar-refractivity contribution >= 4 is 23.2 Å². The molecule has 0 bridgehead atoms. The molecule has 2 atom stereocenters. The molecule has 7 heteroatoms. The maximum Gasteiger partial charge on any atom is 0.314 e. The van der Waals surface area contributed by atoms with Crippen molar-refractivity contribution in [2.45, 2.75) is 13.1 Å². The Morgan fingerprint density at radius 3 is 2.53 bits per heavy atom. The third-order valence-corrected chi connectivity index (χ3v) is 5.15. The van der Waals surface area contributed by atoms with Crippen LogP contribution in [0.2, 0.25) is 0 Å². The molecule has 4 rings (SSSR count). The SMILES string of the molecule is CCOC(=O)C1CNN2C(c3ccc(OC)cc3)=CC(C(=O)c3ccccc3)=NC12. The van der Waals surface area contributed by atoms with Gasteiger partial charge in [-0.05, 0) is 42.8 Å². The quantitative estimate of drug-likeness (QED) is 0.588. The van der Waals surface area contributed by atoms with E-state index in [-0.39, 0.29) is 11.8 Å². The number of fused-ring (bicyclic) bond motifs is 1. The fourth-order valence-electron chi connectivity index (χ4n) is 3.63. The minimum Gasteiger partial charge on any atom is -0.497 e. The van der Waals surface area contributed by atoms with Gasteiger partial charge in [-0.1, -0.05) is 30.3 Å². The number of Topliss-reactive ketones (excluding diaryl/α,β-unsaturated/α-hetero) is 1. The number of methoxy groups -OCH3 is 1. The largest absolute Gasteiger partial charge is 0.497 e. The highest BCUT2D eigenvalue weighted by atomic mass is 16.5. The van der Waals surface area contributed by atoms with Gasteiger partial charge in [-0.3, -0.25) is 19.6 Å². The van der Waals surface area contributed by atoms with E-state index in [1.807, 2.05) is 47.5 Å². The van der Waals surface area contributed by atoms with Gasteiger partial charge in [0.05, 0.1) is 19.4 Å². The summed E-state index contributed by atoms with van der Waals surface area (Å²) in [5.74, 6) is -0.287. The van der Waals surface area contributed by atoms with E-state index in [0.717, 1.165) is 17.0 Å². The van der Waals surface area contributed by atoms with Crippen molar-refractivity contribution in [2.24, 2.45) is 10.9 Å². The normalized spacial score (nSPS) is 20.1. The number of ether oxygens (including phenoxy) is 2. The van der Waals surface area contributed by atoms with Crippen LogP contribution in [0, 0.1) is 5.92 Å². The van der Waals surface area contributed by atoms with Crippen molar-refractivity contribution in [3.05, 3.63) is 71.8 Å². The number of allylic oxidation sites excluding steroid dienone is 1. The molecule has 2 unspecified atom stereocenters. The van der Waals surface area contributed by atoms with Gasteiger partial charge in [-0.15, -0.1) is 0 Å². The zero-order valence-electron chi connectivity index (χ0n) is 16.9. The highest BCUT2D eigenvalue weighted by molar-refractivity contribution is 6.50. The molecule has 2 heterocycles. The van der Waals surface area contributed by atoms with E-state index in [9.17, 15) is 9.59 Å². The van der Waals surface area contributed by atoms with Crippen molar-refractivity contribution in [1.82, 2.24) is 10.4 Å². The van der Waals surface area contributed by atoms with Crippen molar-refractivity contribution in [3.8, 4) is 5.75 Å². The third-order valence-electron chi connectivity index (χ3n) is 5.15. The number of hydrazine groups is 1. The summed E-state index contributed by atoms with van der Waals surface area (Å²) >= 11 is 0. The van der Waals surface area contributed by atoms with Crippen LogP contribution in [0.1, 0.15) is 22.8 Å². The van der Waals surface area contributed by atoms with E-state index in [1.54, 1.807) is 32.2 Å². The molecule has 1 N–H and O–H groups in total. The van der Waals surface area contributed by atoms with Crippen LogP contribution in [0.5, 0.6) is 5.75 Å². The minimum atomic E-state index is -0.561. The summed E-state index contributed by atoms with van der Waals surface area (Å²) in [7, 11) is 1.61. The van der Waals surface area contributed by atoms with Gasteiger partial charge in [-0.25, -0.2) is 5.43 Å². The first-order valence-electron chi connectivity index (χ1n) is 9.85. The number of benzene rings is 2. The van der Waals surface area contributed by atoms with Crippen molar-refractivity contribution < 1.29 is 19.1 Å². The first-order chi connectivity index (χ1) is 14.6. The molecule has 2 aromatic carbocycles. The van der Waals surface area contributed by atoms with Crippen LogP contribution >= 0.6 is 0 Å². The number of carbonyl (C=O) groups is 2. The van der Waals surface area contributed by atoms with E-state index < -0.39 is 12.1 Å². The number of nitrogens with one attached hydrogen (secondary N) is 1. The Balaban J connectivity index is 1.74. The summed E-state index contributed by atoms with van der Waals surface area (Å²) in [5.41, 5.74) is 5.75. The Labute approximate surface area is 175 Å². The highest BCUT2D eigenvalue weighted by Crippen LogP contribution is 2.33. The number of nitrogens with zero attached hydrogens (tertiary/aromatic N) is 2. The maximum absolute atomic E-state index is 13.1. The summed E-state index contributed by atoms with van der Waals surface area (Å²) in [4.78, 5) is 30.3. The van der Waals surface area contributed by atoms with Gasteiger partial charge in [0.2, 0.25) is 5.78 Å². The standard InChI is InChI=1S/C23H23N3O4/c1-3-30-23(28)18-14-24-26-20(15-9-11-17(29-2)12-10-15)13-19(25-22(18)26)21(27)16-7-5-4-6-8-16/h4-13,18,22,24H,3,14H2,1-2H3. The summed E-state index contributed by atoms with van der Waals surface area (Å²) in [6.07, 6.45) is 1.20. The molecule has 1 fully saturated rings. The molecule has 0 radical (unpaired) electrons. The molecule has 7 nitrogen and oxygen atoms in total. The first kappa shape index (κ1) is 19.8. The predicted octanol–water partition coefficient (Wildman–Crippen LogP) is 2.70. The second-order valence-electron chi connectivity index (χ2n) is 6.97. The molecule has 2 aromatic rings. The highest BCUT2D eigenvalue weighted by Gasteiger charge is 2.43.